The van der Waals surface area contributed by atoms with Crippen LogP contribution in [0.3, 0.4) is 0 Å². The van der Waals surface area contributed by atoms with Crippen molar-refractivity contribution in [2.24, 2.45) is 5.73 Å². The lowest BCUT2D eigenvalue weighted by atomic mass is 10.2. The Hall–Kier alpha value is -1.30. The lowest BCUT2D eigenvalue weighted by molar-refractivity contribution is -0.138. The molecule has 1 aromatic carbocycles. The number of hydrogen-bond acceptors (Lipinski definition) is 3. The second-order valence-corrected chi connectivity index (χ2v) is 4.57. The fraction of sp³-hybridized carbons (Fsp3) is 0.273. The Labute approximate surface area is 114 Å². The third-order valence-electron chi connectivity index (χ3n) is 2.13. The molecule has 0 aliphatic carbocycles. The summed E-state index contributed by atoms with van der Waals surface area (Å²) in [6, 6.07) is 4.95. The molecular formula is C11H12Cl2N2O3. The average Bonchev–Trinajstić information content (AvgIpc) is 2.21. The van der Waals surface area contributed by atoms with E-state index in [1.54, 1.807) is 18.2 Å². The van der Waals surface area contributed by atoms with Gasteiger partial charge in [-0.2, -0.15) is 0 Å². The normalized spacial score (nSPS) is 10.6. The van der Waals surface area contributed by atoms with Crippen molar-refractivity contribution in [2.75, 3.05) is 13.1 Å². The van der Waals surface area contributed by atoms with E-state index in [4.69, 9.17) is 34.0 Å². The Balaban J connectivity index is 2.77. The molecular weight excluding hydrogens is 279 g/mol. The van der Waals surface area contributed by atoms with Gasteiger partial charge in [-0.15, -0.1) is 0 Å². The second kappa shape index (κ2) is 6.58. The first-order valence-corrected chi connectivity index (χ1v) is 5.80. The monoisotopic (exact) mass is 290 g/mol. The van der Waals surface area contributed by atoms with Crippen LogP contribution in [-0.2, 0) is 16.1 Å². The Morgan fingerprint density at radius 2 is 1.89 bits per heavy atom. The van der Waals surface area contributed by atoms with Gasteiger partial charge in [0.05, 0.1) is 23.1 Å². The van der Waals surface area contributed by atoms with E-state index in [9.17, 15) is 9.59 Å². The van der Waals surface area contributed by atoms with E-state index in [-0.39, 0.29) is 19.6 Å². The minimum Gasteiger partial charge on any atom is -0.480 e. The minimum absolute atomic E-state index is 0.132. The Kier molecular flexibility index (Phi) is 5.40. The fourth-order valence-corrected chi connectivity index (χ4v) is 1.80. The van der Waals surface area contributed by atoms with Crippen LogP contribution in [0.1, 0.15) is 5.56 Å². The highest BCUT2D eigenvalue weighted by Gasteiger charge is 2.13. The molecule has 0 saturated heterocycles. The van der Waals surface area contributed by atoms with E-state index in [1.807, 2.05) is 0 Å². The summed E-state index contributed by atoms with van der Waals surface area (Å²) in [5.41, 5.74) is 5.81. The molecule has 1 amide bonds. The average molecular weight is 291 g/mol. The molecule has 0 heterocycles. The van der Waals surface area contributed by atoms with Crippen molar-refractivity contribution in [2.45, 2.75) is 6.54 Å². The molecule has 3 N–H and O–H groups in total. The van der Waals surface area contributed by atoms with Gasteiger partial charge in [0, 0.05) is 6.54 Å². The van der Waals surface area contributed by atoms with Crippen molar-refractivity contribution in [1.29, 1.82) is 0 Å². The van der Waals surface area contributed by atoms with Crippen LogP contribution in [0.15, 0.2) is 18.2 Å². The van der Waals surface area contributed by atoms with Crippen LogP contribution in [0.25, 0.3) is 0 Å². The number of primary amides is 1. The van der Waals surface area contributed by atoms with Gasteiger partial charge in [0.1, 0.15) is 0 Å². The molecule has 0 fully saturated rings. The van der Waals surface area contributed by atoms with Gasteiger partial charge in [0.25, 0.3) is 0 Å². The Bertz CT molecular complexity index is 450. The van der Waals surface area contributed by atoms with Crippen LogP contribution in [-0.4, -0.2) is 35.0 Å². The summed E-state index contributed by atoms with van der Waals surface area (Å²) in [5, 5.41) is 9.53. The predicted molar refractivity (Wildman–Crippen MR) is 68.6 cm³/mol. The van der Waals surface area contributed by atoms with E-state index in [2.05, 4.69) is 0 Å². The number of carboxylic acid groups (broad SMARTS) is 1. The van der Waals surface area contributed by atoms with E-state index in [0.29, 0.717) is 10.0 Å². The molecule has 1 rings (SSSR count). The maximum atomic E-state index is 10.8. The minimum atomic E-state index is -1.03. The quantitative estimate of drug-likeness (QED) is 0.829. The van der Waals surface area contributed by atoms with Gasteiger partial charge in [-0.1, -0.05) is 29.3 Å². The maximum Gasteiger partial charge on any atom is 0.317 e. The van der Waals surface area contributed by atoms with Crippen LogP contribution in [0.4, 0.5) is 0 Å². The molecule has 0 radical (unpaired) electrons. The number of carbonyl (C=O) groups excluding carboxylic acids is 1. The molecule has 0 aliphatic rings. The number of aliphatic carboxylic acids is 1. The van der Waals surface area contributed by atoms with Gasteiger partial charge in [-0.05, 0) is 17.7 Å². The summed E-state index contributed by atoms with van der Waals surface area (Å²) >= 11 is 11.6. The second-order valence-electron chi connectivity index (χ2n) is 3.75. The molecule has 7 heteroatoms. The summed E-state index contributed by atoms with van der Waals surface area (Å²) in [6.45, 7) is -0.151. The van der Waals surface area contributed by atoms with Crippen molar-refractivity contribution < 1.29 is 14.7 Å². The van der Waals surface area contributed by atoms with Crippen molar-refractivity contribution in [1.82, 2.24) is 4.90 Å². The summed E-state index contributed by atoms with van der Waals surface area (Å²) in [6.07, 6.45) is 0. The zero-order valence-electron chi connectivity index (χ0n) is 9.40. The van der Waals surface area contributed by atoms with Crippen molar-refractivity contribution >= 4 is 35.1 Å². The molecule has 0 unspecified atom stereocenters. The first-order valence-electron chi connectivity index (χ1n) is 5.05. The molecule has 0 atom stereocenters. The van der Waals surface area contributed by atoms with Gasteiger partial charge in [0.15, 0.2) is 0 Å². The van der Waals surface area contributed by atoms with Crippen LogP contribution >= 0.6 is 23.2 Å². The molecule has 0 saturated carbocycles. The zero-order valence-corrected chi connectivity index (χ0v) is 10.9. The molecule has 98 valence electrons. The molecule has 1 aromatic rings. The largest absolute Gasteiger partial charge is 0.480 e. The van der Waals surface area contributed by atoms with E-state index in [1.165, 1.54) is 4.90 Å². The zero-order chi connectivity index (χ0) is 13.7. The number of hydrogen-bond donors (Lipinski definition) is 2. The number of rotatable bonds is 6. The van der Waals surface area contributed by atoms with Crippen molar-refractivity contribution in [3.05, 3.63) is 33.8 Å². The standard InChI is InChI=1S/C11H12Cl2N2O3/c12-8-2-1-7(3-9(8)13)4-15(5-10(14)16)6-11(17)18/h1-3H,4-6H2,(H2,14,16)(H,17,18). The van der Waals surface area contributed by atoms with Gasteiger partial charge >= 0.3 is 5.97 Å². The first-order chi connectivity index (χ1) is 8.38. The molecule has 0 bridgehead atoms. The highest BCUT2D eigenvalue weighted by molar-refractivity contribution is 6.42. The number of carbonyl (C=O) groups is 2. The third-order valence-corrected chi connectivity index (χ3v) is 2.87. The fourth-order valence-electron chi connectivity index (χ4n) is 1.48. The number of nitrogens with two attached hydrogens (primary N) is 1. The van der Waals surface area contributed by atoms with Crippen molar-refractivity contribution in [3.8, 4) is 0 Å². The summed E-state index contributed by atoms with van der Waals surface area (Å²) in [7, 11) is 0. The van der Waals surface area contributed by atoms with Gasteiger partial charge < -0.3 is 10.8 Å². The Morgan fingerprint density at radius 1 is 1.22 bits per heavy atom. The molecule has 0 spiro atoms. The Morgan fingerprint density at radius 3 is 2.39 bits per heavy atom. The highest BCUT2D eigenvalue weighted by atomic mass is 35.5. The molecule has 18 heavy (non-hydrogen) atoms. The van der Waals surface area contributed by atoms with E-state index in [0.717, 1.165) is 5.56 Å². The SMILES string of the molecule is NC(=O)CN(CC(=O)O)Cc1ccc(Cl)c(Cl)c1. The van der Waals surface area contributed by atoms with E-state index < -0.39 is 11.9 Å². The van der Waals surface area contributed by atoms with Gasteiger partial charge in [0.2, 0.25) is 5.91 Å². The van der Waals surface area contributed by atoms with Crippen LogP contribution < -0.4 is 5.73 Å². The van der Waals surface area contributed by atoms with Crippen molar-refractivity contribution in [3.63, 3.8) is 0 Å². The van der Waals surface area contributed by atoms with Crippen LogP contribution in [0, 0.1) is 0 Å². The smallest absolute Gasteiger partial charge is 0.317 e. The number of halogens is 2. The number of nitrogens with zero attached hydrogens (tertiary/aromatic N) is 1. The predicted octanol–water partition coefficient (Wildman–Crippen LogP) is 1.37. The number of carboxylic acids is 1. The van der Waals surface area contributed by atoms with Crippen LogP contribution in [0.2, 0.25) is 10.0 Å². The third kappa shape index (κ3) is 4.91. The topological polar surface area (TPSA) is 83.6 Å². The maximum absolute atomic E-state index is 10.8. The summed E-state index contributed by atoms with van der Waals surface area (Å²) in [4.78, 5) is 22.9. The highest BCUT2D eigenvalue weighted by Crippen LogP contribution is 2.23. The molecule has 0 aromatic heterocycles. The molecule has 0 aliphatic heterocycles. The van der Waals surface area contributed by atoms with Gasteiger partial charge in [-0.25, -0.2) is 0 Å². The van der Waals surface area contributed by atoms with Gasteiger partial charge in [-0.3, -0.25) is 14.5 Å². The number of benzene rings is 1. The lowest BCUT2D eigenvalue weighted by Crippen LogP contribution is -2.36. The number of amides is 1. The first kappa shape index (κ1) is 14.8. The summed E-state index contributed by atoms with van der Waals surface area (Å²) in [5.74, 6) is -1.62. The summed E-state index contributed by atoms with van der Waals surface area (Å²) < 4.78 is 0. The molecule has 5 nitrogen and oxygen atoms in total. The van der Waals surface area contributed by atoms with Crippen LogP contribution in [0.5, 0.6) is 0 Å². The van der Waals surface area contributed by atoms with E-state index >= 15 is 0 Å². The lowest BCUT2D eigenvalue weighted by Gasteiger charge is -2.18.